The van der Waals surface area contributed by atoms with Crippen LogP contribution in [0.4, 0.5) is 0 Å². The number of phenols is 2. The Morgan fingerprint density at radius 1 is 1.03 bits per heavy atom. The topological polar surface area (TPSA) is 105 Å². The second-order valence-electron chi connectivity index (χ2n) is 9.22. The van der Waals surface area contributed by atoms with Gasteiger partial charge >= 0.3 is 5.79 Å². The molecule has 0 amide bonds. The summed E-state index contributed by atoms with van der Waals surface area (Å²) in [5.41, 5.74) is -0.685. The summed E-state index contributed by atoms with van der Waals surface area (Å²) < 4.78 is 18.1. The fourth-order valence-corrected chi connectivity index (χ4v) is 4.49. The number of carbonyl (C=O) groups is 1. The molecule has 0 radical (unpaired) electrons. The third-order valence-electron chi connectivity index (χ3n) is 6.11. The summed E-state index contributed by atoms with van der Waals surface area (Å²) >= 11 is 0. The Bertz CT molecular complexity index is 1240. The first kappa shape index (κ1) is 20.5. The van der Waals surface area contributed by atoms with E-state index in [0.29, 0.717) is 16.9 Å². The molecule has 0 bridgehead atoms. The van der Waals surface area contributed by atoms with Crippen LogP contribution in [0.25, 0.3) is 6.08 Å². The number of benzene rings is 2. The molecule has 32 heavy (non-hydrogen) atoms. The van der Waals surface area contributed by atoms with Gasteiger partial charge < -0.3 is 29.5 Å². The summed E-state index contributed by atoms with van der Waals surface area (Å²) in [7, 11) is 0. The zero-order chi connectivity index (χ0) is 23.1. The summed E-state index contributed by atoms with van der Waals surface area (Å²) in [5, 5.41) is 32.5. The number of fused-ring (bicyclic) bond motifs is 5. The molecule has 2 atom stereocenters. The Morgan fingerprint density at radius 3 is 2.50 bits per heavy atom. The first-order valence-corrected chi connectivity index (χ1v) is 10.4. The molecular weight excluding hydrogens is 412 g/mol. The third-order valence-corrected chi connectivity index (χ3v) is 6.11. The van der Waals surface area contributed by atoms with Gasteiger partial charge in [0.1, 0.15) is 39.9 Å². The highest BCUT2D eigenvalue weighted by atomic mass is 16.7. The van der Waals surface area contributed by atoms with E-state index in [1.54, 1.807) is 24.3 Å². The van der Waals surface area contributed by atoms with Gasteiger partial charge in [-0.15, -0.1) is 0 Å². The number of Topliss-reactive ketones (excluding diaryl/α,β-unsaturated/α-hetero) is 1. The zero-order valence-electron chi connectivity index (χ0n) is 18.2. The number of aliphatic hydroxyl groups is 1. The molecule has 3 heterocycles. The van der Waals surface area contributed by atoms with Crippen LogP contribution in [0.3, 0.4) is 0 Å². The van der Waals surface area contributed by atoms with Gasteiger partial charge in [0.2, 0.25) is 11.4 Å². The lowest BCUT2D eigenvalue weighted by Gasteiger charge is -2.43. The van der Waals surface area contributed by atoms with Gasteiger partial charge in [0.05, 0.1) is 5.56 Å². The predicted octanol–water partition coefficient (Wildman–Crippen LogP) is 4.19. The minimum atomic E-state index is -2.44. The Morgan fingerprint density at radius 2 is 1.78 bits per heavy atom. The average molecular weight is 436 g/mol. The van der Waals surface area contributed by atoms with Gasteiger partial charge in [0, 0.05) is 24.1 Å². The fraction of sp³-hybridized carbons (Fsp3) is 0.320. The zero-order valence-corrected chi connectivity index (χ0v) is 18.2. The highest BCUT2D eigenvalue weighted by molar-refractivity contribution is 6.09. The molecule has 0 aliphatic carbocycles. The van der Waals surface area contributed by atoms with E-state index < -0.39 is 22.8 Å². The van der Waals surface area contributed by atoms with E-state index in [2.05, 4.69) is 0 Å². The molecule has 0 saturated carbocycles. The van der Waals surface area contributed by atoms with Crippen LogP contribution in [0, 0.1) is 0 Å². The molecule has 0 saturated heterocycles. The lowest BCUT2D eigenvalue weighted by molar-refractivity contribution is -0.201. The molecule has 3 aliphatic heterocycles. The standard InChI is InChI=1S/C25H24O7/c1-13(2)7-10-24-16-6-5-14(26)11-18(16)32-25(24,29)22(28)20-19(31-24)12-17-15(21(20)27)8-9-23(3,4)30-17/h5-9,11-12,26-27,29H,10H2,1-4H3/t24-,25+/m0/s1. The molecule has 0 spiro atoms. The number of ketones is 1. The molecule has 0 unspecified atom stereocenters. The SMILES string of the molecule is CC(C)=CC[C@@]12Oc3cc4c(c(O)c3C(=O)[C@@]1(O)Oc1cc(O)ccc12)C=CC(C)(C)O4. The van der Waals surface area contributed by atoms with Crippen molar-refractivity contribution in [2.75, 3.05) is 0 Å². The van der Waals surface area contributed by atoms with E-state index in [1.807, 2.05) is 33.8 Å². The van der Waals surface area contributed by atoms with E-state index in [-0.39, 0.29) is 35.0 Å². The number of phenolic OH excluding ortho intramolecular Hbond substituents is 2. The van der Waals surface area contributed by atoms with Crippen molar-refractivity contribution in [3.8, 4) is 28.7 Å². The van der Waals surface area contributed by atoms with Gasteiger partial charge in [-0.3, -0.25) is 4.79 Å². The number of rotatable bonds is 2. The van der Waals surface area contributed by atoms with Crippen molar-refractivity contribution in [1.29, 1.82) is 0 Å². The van der Waals surface area contributed by atoms with Crippen molar-refractivity contribution >= 4 is 11.9 Å². The van der Waals surface area contributed by atoms with E-state index in [0.717, 1.165) is 5.57 Å². The third kappa shape index (κ3) is 2.61. The van der Waals surface area contributed by atoms with E-state index >= 15 is 0 Å². The second-order valence-corrected chi connectivity index (χ2v) is 9.22. The highest BCUT2D eigenvalue weighted by Crippen LogP contribution is 2.59. The predicted molar refractivity (Wildman–Crippen MR) is 116 cm³/mol. The number of aromatic hydroxyl groups is 2. The van der Waals surface area contributed by atoms with Gasteiger partial charge in [0.25, 0.3) is 0 Å². The fourth-order valence-electron chi connectivity index (χ4n) is 4.49. The maximum absolute atomic E-state index is 13.7. The molecule has 166 valence electrons. The van der Waals surface area contributed by atoms with E-state index in [4.69, 9.17) is 14.2 Å². The molecule has 0 aromatic heterocycles. The minimum Gasteiger partial charge on any atom is -0.508 e. The summed E-state index contributed by atoms with van der Waals surface area (Å²) in [5.74, 6) is -3.09. The van der Waals surface area contributed by atoms with Gasteiger partial charge in [-0.05, 0) is 52.0 Å². The summed E-state index contributed by atoms with van der Waals surface area (Å²) in [6, 6.07) is 5.91. The van der Waals surface area contributed by atoms with Crippen LogP contribution >= 0.6 is 0 Å². The molecular formula is C25H24O7. The second kappa shape index (κ2) is 6.29. The smallest absolute Gasteiger partial charge is 0.318 e. The van der Waals surface area contributed by atoms with Gasteiger partial charge in [0.15, 0.2) is 0 Å². The number of hydrogen-bond acceptors (Lipinski definition) is 7. The van der Waals surface area contributed by atoms with Crippen molar-refractivity contribution in [1.82, 2.24) is 0 Å². The lowest BCUT2D eigenvalue weighted by Crippen LogP contribution is -2.62. The lowest BCUT2D eigenvalue weighted by atomic mass is 9.77. The molecule has 7 nitrogen and oxygen atoms in total. The first-order chi connectivity index (χ1) is 15.0. The normalized spacial score (nSPS) is 26.0. The largest absolute Gasteiger partial charge is 0.508 e. The maximum Gasteiger partial charge on any atom is 0.318 e. The molecule has 0 fully saturated rings. The van der Waals surface area contributed by atoms with Crippen molar-refractivity contribution in [2.24, 2.45) is 0 Å². The molecule has 7 heteroatoms. The molecule has 3 N–H and O–H groups in total. The number of allylic oxidation sites excluding steroid dienone is 1. The van der Waals surface area contributed by atoms with Crippen LogP contribution in [0.15, 0.2) is 42.0 Å². The minimum absolute atomic E-state index is 0.0765. The highest BCUT2D eigenvalue weighted by Gasteiger charge is 2.69. The van der Waals surface area contributed by atoms with E-state index in [9.17, 15) is 20.1 Å². The molecule has 5 rings (SSSR count). The van der Waals surface area contributed by atoms with Crippen molar-refractivity contribution in [3.63, 3.8) is 0 Å². The average Bonchev–Trinajstić information content (AvgIpc) is 2.94. The van der Waals surface area contributed by atoms with Crippen LogP contribution in [0.1, 0.15) is 55.6 Å². The summed E-state index contributed by atoms with van der Waals surface area (Å²) in [6.45, 7) is 7.54. The Hall–Kier alpha value is -3.45. The molecule has 3 aliphatic rings. The Balaban J connectivity index is 1.76. The van der Waals surface area contributed by atoms with Crippen molar-refractivity contribution in [3.05, 3.63) is 58.7 Å². The van der Waals surface area contributed by atoms with E-state index in [1.165, 1.54) is 12.1 Å². The maximum atomic E-state index is 13.7. The summed E-state index contributed by atoms with van der Waals surface area (Å²) in [6.07, 6.45) is 5.42. The van der Waals surface area contributed by atoms with Crippen LogP contribution < -0.4 is 14.2 Å². The quantitative estimate of drug-likeness (QED) is 0.606. The molecule has 2 aromatic carbocycles. The summed E-state index contributed by atoms with van der Waals surface area (Å²) in [4.78, 5) is 13.7. The first-order valence-electron chi connectivity index (χ1n) is 10.4. The van der Waals surface area contributed by atoms with Crippen LogP contribution in [-0.2, 0) is 5.60 Å². The van der Waals surface area contributed by atoms with Crippen molar-refractivity contribution in [2.45, 2.75) is 51.1 Å². The van der Waals surface area contributed by atoms with Gasteiger partial charge in [-0.1, -0.05) is 11.6 Å². The van der Waals surface area contributed by atoms with Crippen molar-refractivity contribution < 1.29 is 34.3 Å². The Labute approximate surface area is 185 Å². The number of ether oxygens (including phenoxy) is 3. The Kier molecular flexibility index (Phi) is 4.02. The molecule has 2 aromatic rings. The number of hydrogen-bond donors (Lipinski definition) is 3. The monoisotopic (exact) mass is 436 g/mol. The number of carbonyl (C=O) groups excluding carboxylic acids is 1. The van der Waals surface area contributed by atoms with Gasteiger partial charge in [-0.25, -0.2) is 0 Å². The van der Waals surface area contributed by atoms with Crippen LogP contribution in [0.2, 0.25) is 0 Å². The van der Waals surface area contributed by atoms with Crippen LogP contribution in [0.5, 0.6) is 28.7 Å². The van der Waals surface area contributed by atoms with Crippen LogP contribution in [-0.4, -0.2) is 32.5 Å². The van der Waals surface area contributed by atoms with Gasteiger partial charge in [-0.2, -0.15) is 0 Å².